The minimum atomic E-state index is 0. The van der Waals surface area contributed by atoms with Crippen LogP contribution in [0, 0.1) is 222 Å². The van der Waals surface area contributed by atoms with Crippen LogP contribution < -0.4 is 0 Å². The molecule has 0 aliphatic carbocycles. The molecule has 0 spiro atoms. The highest BCUT2D eigenvalue weighted by molar-refractivity contribution is 5.25. The van der Waals surface area contributed by atoms with Crippen LogP contribution in [0.2, 0.25) is 0 Å². The van der Waals surface area contributed by atoms with Gasteiger partial charge < -0.3 is 0 Å². The summed E-state index contributed by atoms with van der Waals surface area (Å²) < 4.78 is 0. The van der Waals surface area contributed by atoms with Gasteiger partial charge in [-0.3, -0.25) is 29.9 Å². The number of pyridine rings is 4. The Morgan fingerprint density at radius 1 is 0.163 bits per heavy atom. The molecule has 28 nitrogen and oxygen atoms in total. The minimum Gasteiger partial charge on any atom is -0.264 e. The molecule has 14 heterocycles. The molecule has 0 amide bonds. The number of benzene rings is 1. The summed E-state index contributed by atoms with van der Waals surface area (Å²) in [6, 6.07) is 22.3. The van der Waals surface area contributed by atoms with Gasteiger partial charge in [-0.25, -0.2) is 29.9 Å². The summed E-state index contributed by atoms with van der Waals surface area (Å²) in [6.45, 7) is 63.6. The largest absolute Gasteiger partial charge is 0.264 e. The van der Waals surface area contributed by atoms with Gasteiger partial charge in [0, 0.05) is 90.9 Å². The average Bonchev–Trinajstić information content (AvgIpc) is 0.901. The van der Waals surface area contributed by atoms with Crippen LogP contribution in [0.5, 0.6) is 0 Å². The van der Waals surface area contributed by atoms with Gasteiger partial charge in [-0.2, -0.15) is 40.8 Å². The van der Waals surface area contributed by atoms with Crippen LogP contribution in [-0.2, 0) is 0 Å². The lowest BCUT2D eigenvalue weighted by Crippen LogP contribution is -1.97. The second-order valence-corrected chi connectivity index (χ2v) is 28.1. The van der Waals surface area contributed by atoms with Gasteiger partial charge in [-0.15, -0.1) is 30.6 Å². The maximum Gasteiger partial charge on any atom is 0.148 e. The lowest BCUT2D eigenvalue weighted by molar-refractivity contribution is 0.826. The van der Waals surface area contributed by atoms with Crippen molar-refractivity contribution in [1.29, 1.82) is 0 Å². The first-order valence-corrected chi connectivity index (χ1v) is 39.3. The van der Waals surface area contributed by atoms with Gasteiger partial charge in [0.1, 0.15) is 24.3 Å². The van der Waals surface area contributed by atoms with Gasteiger partial charge in [0.25, 0.3) is 0 Å². The number of rotatable bonds is 0. The van der Waals surface area contributed by atoms with Crippen molar-refractivity contribution in [3.63, 3.8) is 0 Å². The van der Waals surface area contributed by atoms with E-state index in [9.17, 15) is 0 Å². The zero-order chi connectivity index (χ0) is 91.5. The summed E-state index contributed by atoms with van der Waals surface area (Å²) in [5.74, 6) is 1.58. The fourth-order valence-corrected chi connectivity index (χ4v) is 7.52. The highest BCUT2D eigenvalue weighted by atomic mass is 15.3. The van der Waals surface area contributed by atoms with E-state index in [4.69, 9.17) is 0 Å². The maximum absolute atomic E-state index is 4.16. The lowest BCUT2D eigenvalue weighted by atomic mass is 10.1. The predicted molar refractivity (Wildman–Crippen MR) is 493 cm³/mol. The standard InChI is InChI=1S/C8H10.C7H10N2.4C7H9N.C6H9N3.5C6H8N2.3C5H7N3.CH4/c1-7-5-3-4-6-8(7)2;1-5-4-8-7(3)9-6(5)2;2*1-6-3-4-8-5-7(6)2;2*1-6-4-3-5-8-7(6)2;1-4-5(2)8-9-6(3)7-4;1-5-3-7-4-8-6(5)2;2*1-5-3-7-8-4-6(5)2;1-5-6(2)8-4-3-7-5;1-5-3-4-7-8-6(5)2;1-4-5(2)8-7-3-6-4;2*1-4-3-6-8-7-5(4)2;/h3-6H,1-2H3;4H,1-3H3;4*3-5H,1-2H3;1-3H3;5*3-4H,1-2H3;3*3H,1-2H3;1H4. The van der Waals surface area contributed by atoms with Crippen molar-refractivity contribution in [1.82, 2.24) is 142 Å². The lowest BCUT2D eigenvalue weighted by Gasteiger charge is -1.96. The molecule has 0 radical (unpaired) electrons. The fraction of sp³-hybridized carbons (Fsp3) is 0.347. The third-order valence-corrected chi connectivity index (χ3v) is 18.1. The Bertz CT molecular complexity index is 4050. The third-order valence-electron chi connectivity index (χ3n) is 18.1. The Kier molecular flexibility index (Phi) is 56.3. The minimum absolute atomic E-state index is 0. The van der Waals surface area contributed by atoms with E-state index in [2.05, 4.69) is 233 Å². The molecular formula is C95H130N28. The average molecular weight is 1660 g/mol. The summed E-state index contributed by atoms with van der Waals surface area (Å²) in [5, 5.41) is 58.8. The van der Waals surface area contributed by atoms with E-state index in [0.29, 0.717) is 0 Å². The molecule has 0 bridgehead atoms. The van der Waals surface area contributed by atoms with Crippen molar-refractivity contribution in [2.45, 2.75) is 229 Å². The van der Waals surface area contributed by atoms with Crippen LogP contribution in [0.25, 0.3) is 0 Å². The van der Waals surface area contributed by atoms with Gasteiger partial charge in [0.05, 0.1) is 88.4 Å². The normalized spacial score (nSPS) is 9.24. The molecule has 0 saturated carbocycles. The molecule has 28 heteroatoms. The molecule has 1 aromatic carbocycles. The Labute approximate surface area is 731 Å². The van der Waals surface area contributed by atoms with Gasteiger partial charge in [0.2, 0.25) is 0 Å². The Morgan fingerprint density at radius 3 is 0.748 bits per heavy atom. The summed E-state index contributed by atoms with van der Waals surface area (Å²) in [7, 11) is 0. The third kappa shape index (κ3) is 50.8. The summed E-state index contributed by atoms with van der Waals surface area (Å²) in [4.78, 5) is 48.1. The van der Waals surface area contributed by atoms with E-state index in [1.54, 1.807) is 62.1 Å². The van der Waals surface area contributed by atoms with E-state index in [0.717, 1.165) is 108 Å². The van der Waals surface area contributed by atoms with Crippen molar-refractivity contribution >= 4 is 0 Å². The summed E-state index contributed by atoms with van der Waals surface area (Å²) in [6.07, 6.45) is 33.2. The first kappa shape index (κ1) is 109. The van der Waals surface area contributed by atoms with Crippen LogP contribution in [0.1, 0.15) is 188 Å². The molecule has 0 N–H and O–H groups in total. The van der Waals surface area contributed by atoms with Crippen molar-refractivity contribution in [3.8, 4) is 0 Å². The highest BCUT2D eigenvalue weighted by Crippen LogP contribution is 2.08. The first-order chi connectivity index (χ1) is 57.9. The van der Waals surface area contributed by atoms with E-state index in [-0.39, 0.29) is 7.43 Å². The molecule has 0 fully saturated rings. The topological polar surface area (TPSA) is 361 Å². The van der Waals surface area contributed by atoms with Gasteiger partial charge in [-0.05, 0) is 357 Å². The van der Waals surface area contributed by atoms with E-state index in [1.165, 1.54) is 78.7 Å². The van der Waals surface area contributed by atoms with Gasteiger partial charge in [0.15, 0.2) is 0 Å². The smallest absolute Gasteiger partial charge is 0.148 e. The van der Waals surface area contributed by atoms with Crippen LogP contribution in [0.4, 0.5) is 0 Å². The maximum atomic E-state index is 4.16. The summed E-state index contributed by atoms with van der Waals surface area (Å²) in [5.41, 5.74) is 33.8. The number of aryl methyl sites for hydroxylation is 32. The van der Waals surface area contributed by atoms with Crippen LogP contribution in [-0.4, -0.2) is 142 Å². The van der Waals surface area contributed by atoms with Gasteiger partial charge >= 0.3 is 0 Å². The first-order valence-electron chi connectivity index (χ1n) is 39.3. The molecule has 0 unspecified atom stereocenters. The van der Waals surface area contributed by atoms with Crippen LogP contribution >= 0.6 is 0 Å². The number of hydrogen-bond donors (Lipinski definition) is 0. The molecule has 15 aromatic rings. The molecular weight excluding hydrogens is 1530 g/mol. The van der Waals surface area contributed by atoms with E-state index < -0.39 is 0 Å². The zero-order valence-corrected chi connectivity index (χ0v) is 77.8. The molecule has 14 aromatic heterocycles. The Morgan fingerprint density at radius 2 is 0.488 bits per heavy atom. The van der Waals surface area contributed by atoms with Crippen LogP contribution in [0.15, 0.2) is 185 Å². The van der Waals surface area contributed by atoms with E-state index in [1.807, 2.05) is 246 Å². The molecule has 650 valence electrons. The molecule has 123 heavy (non-hydrogen) atoms. The quantitative estimate of drug-likeness (QED) is 0.136. The molecule has 0 aliphatic rings. The van der Waals surface area contributed by atoms with Crippen LogP contribution in [0.3, 0.4) is 0 Å². The predicted octanol–water partition coefficient (Wildman–Crippen LogP) is 18.9. The van der Waals surface area contributed by atoms with Crippen molar-refractivity contribution in [2.75, 3.05) is 0 Å². The molecule has 0 aliphatic heterocycles. The monoisotopic (exact) mass is 1660 g/mol. The second-order valence-electron chi connectivity index (χ2n) is 28.1. The zero-order valence-electron chi connectivity index (χ0n) is 77.8. The van der Waals surface area contributed by atoms with E-state index >= 15 is 0 Å². The number of nitrogens with zero attached hydrogens (tertiary/aromatic N) is 28. The Balaban J connectivity index is 0.00000130. The SMILES string of the molecule is C.Cc1ccccc1C.Cc1cccnc1C.Cc1cccnc1C.Cc1ccncc1C.Cc1ccncc1C.Cc1ccnnc1C.Cc1cncnc1C.Cc1cnncc1C.Cc1cnncc1C.Cc1cnnnc1C.Cc1cnnnc1C.Cc1ncc(C)c(C)n1.Cc1nccnc1C.Cc1ncnnc1C.Cc1nnc(C)c(C)n1. The van der Waals surface area contributed by atoms with Crippen molar-refractivity contribution < 1.29 is 0 Å². The molecule has 0 atom stereocenters. The summed E-state index contributed by atoms with van der Waals surface area (Å²) >= 11 is 0. The second kappa shape index (κ2) is 63.4. The fourth-order valence-electron chi connectivity index (χ4n) is 7.52. The molecule has 15 rings (SSSR count). The van der Waals surface area contributed by atoms with Crippen molar-refractivity contribution in [2.24, 2.45) is 0 Å². The highest BCUT2D eigenvalue weighted by Gasteiger charge is 1.98. The van der Waals surface area contributed by atoms with Gasteiger partial charge in [-0.1, -0.05) is 43.8 Å². The molecule has 0 saturated heterocycles. The number of hydrogen-bond acceptors (Lipinski definition) is 28. The number of aromatic nitrogens is 28. The van der Waals surface area contributed by atoms with Crippen molar-refractivity contribution in [3.05, 3.63) is 365 Å². The Hall–Kier alpha value is -13.7.